The lowest BCUT2D eigenvalue weighted by molar-refractivity contribution is 0.0635. The smallest absolute Gasteiger partial charge is 0.404 e. The molecule has 0 saturated heterocycles. The quantitative estimate of drug-likeness (QED) is 0.721. The van der Waals surface area contributed by atoms with Crippen LogP contribution in [0, 0.1) is 0 Å². The maximum absolute atomic E-state index is 12.2. The number of fused-ring (bicyclic) bond motifs is 1. The maximum atomic E-state index is 12.2. The van der Waals surface area contributed by atoms with Crippen molar-refractivity contribution in [2.24, 2.45) is 0 Å². The van der Waals surface area contributed by atoms with Crippen molar-refractivity contribution in [1.82, 2.24) is 10.2 Å². The average Bonchev–Trinajstić information content (AvgIpc) is 2.69. The van der Waals surface area contributed by atoms with Crippen molar-refractivity contribution >= 4 is 27.7 Å². The molecule has 23 heavy (non-hydrogen) atoms. The summed E-state index contributed by atoms with van der Waals surface area (Å²) < 4.78 is 22.5. The SMILES string of the molecule is CS(=O)(=O)CCC(CN1C(=O)c2ccccc2C1=O)NC(=O)O. The van der Waals surface area contributed by atoms with E-state index in [0.29, 0.717) is 0 Å². The number of hydrogen-bond acceptors (Lipinski definition) is 5. The van der Waals surface area contributed by atoms with Gasteiger partial charge in [0.15, 0.2) is 0 Å². The molecule has 1 aliphatic heterocycles. The topological polar surface area (TPSA) is 121 Å². The van der Waals surface area contributed by atoms with Gasteiger partial charge >= 0.3 is 6.09 Å². The Morgan fingerprint density at radius 1 is 1.22 bits per heavy atom. The minimum Gasteiger partial charge on any atom is -0.465 e. The molecule has 1 unspecified atom stereocenters. The third-order valence-corrected chi connectivity index (χ3v) is 4.42. The van der Waals surface area contributed by atoms with Gasteiger partial charge in [-0.15, -0.1) is 0 Å². The molecular weight excluding hydrogens is 324 g/mol. The van der Waals surface area contributed by atoms with Gasteiger partial charge in [-0.2, -0.15) is 0 Å². The van der Waals surface area contributed by atoms with Crippen LogP contribution in [0.2, 0.25) is 0 Å². The van der Waals surface area contributed by atoms with Gasteiger partial charge in [0.05, 0.1) is 22.9 Å². The van der Waals surface area contributed by atoms with Gasteiger partial charge in [-0.25, -0.2) is 13.2 Å². The fourth-order valence-corrected chi connectivity index (χ4v) is 3.08. The summed E-state index contributed by atoms with van der Waals surface area (Å²) in [5.74, 6) is -1.27. The lowest BCUT2D eigenvalue weighted by Gasteiger charge is -2.22. The van der Waals surface area contributed by atoms with Crippen LogP contribution in [0.15, 0.2) is 24.3 Å². The Morgan fingerprint density at radius 2 is 1.74 bits per heavy atom. The highest BCUT2D eigenvalue weighted by molar-refractivity contribution is 7.90. The summed E-state index contributed by atoms with van der Waals surface area (Å²) in [6, 6.07) is 5.44. The molecule has 1 aliphatic rings. The molecule has 2 N–H and O–H groups in total. The highest BCUT2D eigenvalue weighted by Gasteiger charge is 2.36. The molecule has 0 radical (unpaired) electrons. The van der Waals surface area contributed by atoms with E-state index in [-0.39, 0.29) is 29.8 Å². The fourth-order valence-electron chi connectivity index (χ4n) is 2.37. The molecule has 1 atom stereocenters. The first kappa shape index (κ1) is 16.9. The van der Waals surface area contributed by atoms with Crippen molar-refractivity contribution < 1.29 is 27.9 Å². The number of carbonyl (C=O) groups excluding carboxylic acids is 2. The molecule has 9 heteroatoms. The summed E-state index contributed by atoms with van der Waals surface area (Å²) in [5, 5.41) is 11.0. The van der Waals surface area contributed by atoms with E-state index < -0.39 is 33.8 Å². The molecule has 0 saturated carbocycles. The number of carbonyl (C=O) groups is 3. The van der Waals surface area contributed by atoms with Gasteiger partial charge in [-0.3, -0.25) is 14.5 Å². The van der Waals surface area contributed by atoms with E-state index in [9.17, 15) is 22.8 Å². The highest BCUT2D eigenvalue weighted by atomic mass is 32.2. The number of nitrogens with one attached hydrogen (secondary N) is 1. The molecule has 1 aromatic rings. The molecule has 8 nitrogen and oxygen atoms in total. The number of amides is 3. The van der Waals surface area contributed by atoms with Gasteiger partial charge in [0.1, 0.15) is 9.84 Å². The van der Waals surface area contributed by atoms with Crippen LogP contribution >= 0.6 is 0 Å². The van der Waals surface area contributed by atoms with Gasteiger partial charge < -0.3 is 10.4 Å². The lowest BCUT2D eigenvalue weighted by Crippen LogP contribution is -2.46. The van der Waals surface area contributed by atoms with Gasteiger partial charge in [-0.1, -0.05) is 12.1 Å². The zero-order chi connectivity index (χ0) is 17.2. The van der Waals surface area contributed by atoms with Gasteiger partial charge in [-0.05, 0) is 18.6 Å². The standard InChI is InChI=1S/C14H16N2O6S/c1-23(21,22)7-6-9(15-14(19)20)8-16-12(17)10-4-2-3-5-11(10)13(16)18/h2-5,9,15H,6-8H2,1H3,(H,19,20). The number of rotatable bonds is 6. The Hall–Kier alpha value is -2.42. The Kier molecular flexibility index (Phi) is 4.69. The molecule has 1 aromatic carbocycles. The van der Waals surface area contributed by atoms with Crippen LogP contribution in [-0.2, 0) is 9.84 Å². The molecule has 0 spiro atoms. The molecule has 2 rings (SSSR count). The Balaban J connectivity index is 2.15. The van der Waals surface area contributed by atoms with E-state index in [1.165, 1.54) is 12.1 Å². The van der Waals surface area contributed by atoms with Crippen LogP contribution in [0.1, 0.15) is 27.1 Å². The van der Waals surface area contributed by atoms with Crippen LogP contribution in [0.3, 0.4) is 0 Å². The summed E-state index contributed by atoms with van der Waals surface area (Å²) in [5.41, 5.74) is 0.518. The zero-order valence-corrected chi connectivity index (χ0v) is 13.2. The summed E-state index contributed by atoms with van der Waals surface area (Å²) in [6.07, 6.45) is -0.342. The second-order valence-electron chi connectivity index (χ2n) is 5.33. The van der Waals surface area contributed by atoms with Crippen LogP contribution in [0.5, 0.6) is 0 Å². The summed E-state index contributed by atoms with van der Waals surface area (Å²) in [6.45, 7) is -0.214. The van der Waals surface area contributed by atoms with Crippen molar-refractivity contribution in [2.75, 3.05) is 18.6 Å². The number of benzene rings is 1. The van der Waals surface area contributed by atoms with Crippen LogP contribution in [-0.4, -0.2) is 60.9 Å². The van der Waals surface area contributed by atoms with Crippen molar-refractivity contribution in [3.05, 3.63) is 35.4 Å². The van der Waals surface area contributed by atoms with Gasteiger partial charge in [0, 0.05) is 12.8 Å². The molecule has 124 valence electrons. The lowest BCUT2D eigenvalue weighted by atomic mass is 10.1. The van der Waals surface area contributed by atoms with E-state index >= 15 is 0 Å². The first-order valence-corrected chi connectivity index (χ1v) is 8.87. The monoisotopic (exact) mass is 340 g/mol. The Morgan fingerprint density at radius 3 is 2.17 bits per heavy atom. The van der Waals surface area contributed by atoms with Crippen LogP contribution in [0.4, 0.5) is 4.79 Å². The maximum Gasteiger partial charge on any atom is 0.404 e. The summed E-state index contributed by atoms with van der Waals surface area (Å²) >= 11 is 0. The molecule has 3 amide bonds. The summed E-state index contributed by atoms with van der Waals surface area (Å²) in [4.78, 5) is 36.3. The van der Waals surface area contributed by atoms with E-state index in [0.717, 1.165) is 11.2 Å². The van der Waals surface area contributed by atoms with Crippen molar-refractivity contribution in [2.45, 2.75) is 12.5 Å². The third kappa shape index (κ3) is 4.07. The average molecular weight is 340 g/mol. The van der Waals surface area contributed by atoms with Gasteiger partial charge in [0.2, 0.25) is 0 Å². The molecular formula is C14H16N2O6S. The minimum absolute atomic E-state index is 0.0292. The number of hydrogen-bond donors (Lipinski definition) is 2. The van der Waals surface area contributed by atoms with Crippen LogP contribution in [0.25, 0.3) is 0 Å². The Bertz CT molecular complexity index is 723. The van der Waals surface area contributed by atoms with E-state index in [4.69, 9.17) is 5.11 Å². The Labute approximate surface area is 133 Å². The highest BCUT2D eigenvalue weighted by Crippen LogP contribution is 2.22. The van der Waals surface area contributed by atoms with Crippen molar-refractivity contribution in [1.29, 1.82) is 0 Å². The van der Waals surface area contributed by atoms with E-state index in [1.54, 1.807) is 12.1 Å². The van der Waals surface area contributed by atoms with E-state index in [1.807, 2.05) is 0 Å². The number of sulfone groups is 1. The summed E-state index contributed by atoms with van der Waals surface area (Å²) in [7, 11) is -3.29. The molecule has 0 bridgehead atoms. The van der Waals surface area contributed by atoms with Crippen molar-refractivity contribution in [3.63, 3.8) is 0 Å². The minimum atomic E-state index is -3.29. The molecule has 0 aliphatic carbocycles. The number of imide groups is 1. The van der Waals surface area contributed by atoms with Crippen LogP contribution < -0.4 is 5.32 Å². The zero-order valence-electron chi connectivity index (χ0n) is 12.4. The first-order valence-electron chi connectivity index (χ1n) is 6.81. The third-order valence-electron chi connectivity index (χ3n) is 3.45. The normalized spacial score (nSPS) is 15.4. The predicted octanol–water partition coefficient (Wildman–Crippen LogP) is 0.353. The predicted molar refractivity (Wildman–Crippen MR) is 81.1 cm³/mol. The second-order valence-corrected chi connectivity index (χ2v) is 7.59. The largest absolute Gasteiger partial charge is 0.465 e. The molecule has 0 aromatic heterocycles. The molecule has 0 fully saturated rings. The van der Waals surface area contributed by atoms with Gasteiger partial charge in [0.25, 0.3) is 11.8 Å². The molecule has 1 heterocycles. The first-order chi connectivity index (χ1) is 10.7. The fraction of sp³-hybridized carbons (Fsp3) is 0.357. The van der Waals surface area contributed by atoms with E-state index in [2.05, 4.69) is 5.32 Å². The second kappa shape index (κ2) is 6.37. The van der Waals surface area contributed by atoms with Crippen molar-refractivity contribution in [3.8, 4) is 0 Å². The number of carboxylic acid groups (broad SMARTS) is 1. The number of nitrogens with zero attached hydrogens (tertiary/aromatic N) is 1.